The van der Waals surface area contributed by atoms with Crippen LogP contribution >= 0.6 is 0 Å². The Bertz CT molecular complexity index is 4250. The second-order valence-electron chi connectivity index (χ2n) is 23.4. The molecule has 88 heavy (non-hydrogen) atoms. The largest absolute Gasteiger partial charge is 0.215 e. The lowest BCUT2D eigenvalue weighted by molar-refractivity contribution is -0.661. The number of pyridine rings is 8. The molecule has 0 aliphatic heterocycles. The van der Waals surface area contributed by atoms with Crippen LogP contribution in [-0.4, -0.2) is 0 Å². The summed E-state index contributed by atoms with van der Waals surface area (Å²) in [5.74, 6) is 0. The molecule has 12 rings (SSSR count). The van der Waals surface area contributed by atoms with Gasteiger partial charge in [0.15, 0.2) is 49.6 Å². The first kappa shape index (κ1) is 62.6. The van der Waals surface area contributed by atoms with Gasteiger partial charge in [-0.15, -0.1) is 0 Å². The minimum absolute atomic E-state index is 1.23. The van der Waals surface area contributed by atoms with E-state index in [0.717, 1.165) is 0 Å². The number of nitrogens with zero attached hydrogens (tertiary/aromatic N) is 8. The first-order chi connectivity index (χ1) is 42.4. The highest BCUT2D eigenvalue weighted by Gasteiger charge is 2.25. The van der Waals surface area contributed by atoms with E-state index >= 15 is 0 Å². The van der Waals surface area contributed by atoms with Crippen molar-refractivity contribution < 1.29 is 36.5 Å². The first-order valence-electron chi connectivity index (χ1n) is 30.4. The van der Waals surface area contributed by atoms with E-state index in [1.165, 1.54) is 135 Å². The standard InChI is InChI=1S/4C20H22N2/c2*1-15-11-12-17(18-9-5-7-13-21(18)3)16(2)20(15)19-10-6-8-14-22(19)4;1-15-13-17(19-9-5-7-11-21(19)3)16(2)18(14-15)20-10-6-8-12-22(20)4;1-15-9-8-14-22(4)20(15)18-11-7-10-17(16(18)2)19-12-5-6-13-21(19)3/h4*5-14H,1-4H3/q4*+2. The van der Waals surface area contributed by atoms with Crippen molar-refractivity contribution in [2.24, 2.45) is 56.4 Å². The molecule has 0 spiro atoms. The van der Waals surface area contributed by atoms with Crippen LogP contribution in [0, 0.1) is 55.4 Å². The van der Waals surface area contributed by atoms with Crippen LogP contribution in [0.4, 0.5) is 0 Å². The van der Waals surface area contributed by atoms with Gasteiger partial charge in [-0.2, -0.15) is 0 Å². The molecular weight excluding hydrogens is 1070 g/mol. The zero-order valence-corrected chi connectivity index (χ0v) is 54.7. The van der Waals surface area contributed by atoms with Gasteiger partial charge >= 0.3 is 0 Å². The quantitative estimate of drug-likeness (QED) is 0.136. The average Bonchev–Trinajstić information content (AvgIpc) is 1.23. The SMILES string of the molecule is Cc1cc(-c2cccc[n+]2C)c(C)c(-c2cccc[n+]2C)c1.Cc1ccc(-c2cccc[n+]2C)c(C)c1-c1cccc[n+]1C.Cc1ccc(-c2cccc[n+]2C)c(C)c1-c1cccc[n+]1C.Cc1ccc[n+](C)c1-c1cccc(-c2cccc[n+]2C)c1C. The smallest absolute Gasteiger partial charge is 0.201 e. The Labute approximate surface area is 523 Å². The molecule has 8 heterocycles. The molecule has 0 aliphatic carbocycles. The number of aromatic nitrogens is 8. The van der Waals surface area contributed by atoms with E-state index in [2.05, 4.69) is 392 Å². The topological polar surface area (TPSA) is 31.0 Å². The molecule has 440 valence electrons. The maximum atomic E-state index is 2.27. The number of hydrogen-bond acceptors (Lipinski definition) is 0. The summed E-state index contributed by atoms with van der Waals surface area (Å²) in [6.45, 7) is 17.6. The van der Waals surface area contributed by atoms with Crippen LogP contribution in [-0.2, 0) is 56.4 Å². The molecule has 0 N–H and O–H groups in total. The maximum Gasteiger partial charge on any atom is 0.215 e. The van der Waals surface area contributed by atoms with Gasteiger partial charge in [0.05, 0.1) is 27.8 Å². The van der Waals surface area contributed by atoms with E-state index in [1.807, 2.05) is 0 Å². The molecule has 0 atom stereocenters. The Balaban J connectivity index is 0.000000140. The monoisotopic (exact) mass is 1160 g/mol. The third-order valence-electron chi connectivity index (χ3n) is 17.1. The van der Waals surface area contributed by atoms with Crippen LogP contribution < -0.4 is 36.5 Å². The summed E-state index contributed by atoms with van der Waals surface area (Å²) in [4.78, 5) is 0. The molecule has 0 unspecified atom stereocenters. The normalized spacial score (nSPS) is 10.7. The molecule has 0 bridgehead atoms. The summed E-state index contributed by atoms with van der Waals surface area (Å²) < 4.78 is 17.4. The Morgan fingerprint density at radius 2 is 0.489 bits per heavy atom. The average molecular weight is 1160 g/mol. The van der Waals surface area contributed by atoms with E-state index in [-0.39, 0.29) is 0 Å². The second kappa shape index (κ2) is 28.1. The Morgan fingerprint density at radius 3 is 0.818 bits per heavy atom. The first-order valence-corrected chi connectivity index (χ1v) is 30.4. The minimum atomic E-state index is 1.23. The molecule has 12 aromatic rings. The molecule has 8 aromatic heterocycles. The Kier molecular flexibility index (Phi) is 20.0. The summed E-state index contributed by atoms with van der Waals surface area (Å²) in [6.07, 6.45) is 16.8. The summed E-state index contributed by atoms with van der Waals surface area (Å²) in [7, 11) is 16.8. The van der Waals surface area contributed by atoms with Crippen LogP contribution in [0.2, 0.25) is 0 Å². The molecule has 4 aromatic carbocycles. The zero-order chi connectivity index (χ0) is 62.8. The van der Waals surface area contributed by atoms with E-state index in [4.69, 9.17) is 0 Å². The van der Waals surface area contributed by atoms with Crippen LogP contribution in [0.1, 0.15) is 44.5 Å². The van der Waals surface area contributed by atoms with Gasteiger partial charge in [0.25, 0.3) is 0 Å². The van der Waals surface area contributed by atoms with Gasteiger partial charge < -0.3 is 0 Å². The molecular formula is C80H88N8+8. The number of rotatable bonds is 8. The summed E-state index contributed by atoms with van der Waals surface area (Å²) in [5.41, 5.74) is 30.8. The van der Waals surface area contributed by atoms with Crippen molar-refractivity contribution in [2.75, 3.05) is 0 Å². The molecule has 0 amide bonds. The van der Waals surface area contributed by atoms with Crippen molar-refractivity contribution in [1.29, 1.82) is 0 Å². The lowest BCUT2D eigenvalue weighted by atomic mass is 9.93. The maximum absolute atomic E-state index is 2.27. The third kappa shape index (κ3) is 13.7. The number of aryl methyl sites for hydroxylation is 12. The molecule has 0 saturated heterocycles. The van der Waals surface area contributed by atoms with Gasteiger partial charge in [0.2, 0.25) is 45.6 Å². The van der Waals surface area contributed by atoms with Crippen molar-refractivity contribution in [3.63, 3.8) is 0 Å². The molecule has 8 nitrogen and oxygen atoms in total. The van der Waals surface area contributed by atoms with Crippen molar-refractivity contribution >= 4 is 0 Å². The summed E-state index contributed by atoms with van der Waals surface area (Å²) >= 11 is 0. The number of benzene rings is 4. The van der Waals surface area contributed by atoms with Gasteiger partial charge in [-0.25, -0.2) is 36.5 Å². The van der Waals surface area contributed by atoms with E-state index in [1.54, 1.807) is 0 Å². The lowest BCUT2D eigenvalue weighted by Crippen LogP contribution is -2.32. The van der Waals surface area contributed by atoms with Crippen molar-refractivity contribution in [3.05, 3.63) is 288 Å². The van der Waals surface area contributed by atoms with Gasteiger partial charge in [-0.05, 0) is 179 Å². The van der Waals surface area contributed by atoms with E-state index in [9.17, 15) is 0 Å². The Hall–Kier alpha value is -9.92. The van der Waals surface area contributed by atoms with Gasteiger partial charge in [0, 0.05) is 113 Å². The summed E-state index contributed by atoms with van der Waals surface area (Å²) in [6, 6.07) is 68.6. The minimum Gasteiger partial charge on any atom is -0.201 e. The van der Waals surface area contributed by atoms with E-state index < -0.39 is 0 Å². The molecule has 0 fully saturated rings. The van der Waals surface area contributed by atoms with Crippen molar-refractivity contribution in [2.45, 2.75) is 55.4 Å². The fourth-order valence-corrected chi connectivity index (χ4v) is 12.3. The predicted octanol–water partition coefficient (Wildman–Crippen LogP) is 13.1. The van der Waals surface area contributed by atoms with Crippen molar-refractivity contribution in [1.82, 2.24) is 0 Å². The molecule has 0 aliphatic rings. The Morgan fingerprint density at radius 1 is 0.205 bits per heavy atom. The van der Waals surface area contributed by atoms with Gasteiger partial charge in [-0.3, -0.25) is 0 Å². The third-order valence-corrected chi connectivity index (χ3v) is 17.1. The van der Waals surface area contributed by atoms with Gasteiger partial charge in [-0.1, -0.05) is 18.2 Å². The van der Waals surface area contributed by atoms with Gasteiger partial charge in [0.1, 0.15) is 56.4 Å². The summed E-state index contributed by atoms with van der Waals surface area (Å²) in [5, 5.41) is 0. The molecule has 0 radical (unpaired) electrons. The highest BCUT2D eigenvalue weighted by atomic mass is 15.0. The number of hydrogen-bond donors (Lipinski definition) is 0. The highest BCUT2D eigenvalue weighted by Crippen LogP contribution is 2.35. The van der Waals surface area contributed by atoms with Crippen LogP contribution in [0.25, 0.3) is 90.1 Å². The fraction of sp³-hybridized carbons (Fsp3) is 0.200. The lowest BCUT2D eigenvalue weighted by Gasteiger charge is -2.12. The zero-order valence-electron chi connectivity index (χ0n) is 54.7. The highest BCUT2D eigenvalue weighted by molar-refractivity contribution is 5.78. The molecule has 8 heteroatoms. The van der Waals surface area contributed by atoms with Crippen molar-refractivity contribution in [3.8, 4) is 90.1 Å². The molecule has 0 saturated carbocycles. The van der Waals surface area contributed by atoms with E-state index in [0.29, 0.717) is 0 Å². The van der Waals surface area contributed by atoms with Crippen LogP contribution in [0.15, 0.2) is 244 Å². The van der Waals surface area contributed by atoms with Crippen LogP contribution in [0.5, 0.6) is 0 Å². The predicted molar refractivity (Wildman–Crippen MR) is 357 cm³/mol. The van der Waals surface area contributed by atoms with Crippen LogP contribution in [0.3, 0.4) is 0 Å². The fourth-order valence-electron chi connectivity index (χ4n) is 12.3. The second-order valence-corrected chi connectivity index (χ2v) is 23.4.